The molecule has 0 radical (unpaired) electrons. The van der Waals surface area contributed by atoms with E-state index in [0.29, 0.717) is 24.0 Å². The molecular weight excluding hydrogens is 359 g/mol. The maximum Gasteiger partial charge on any atom is 0.191 e. The highest BCUT2D eigenvalue weighted by molar-refractivity contribution is 5.78. The van der Waals surface area contributed by atoms with Crippen molar-refractivity contribution in [3.8, 4) is 11.5 Å². The summed E-state index contributed by atoms with van der Waals surface area (Å²) >= 11 is 0. The molecule has 6 nitrogen and oxygen atoms in total. The number of anilines is 1. The molecule has 0 aliphatic carbocycles. The van der Waals surface area contributed by atoms with E-state index < -0.39 is 0 Å². The van der Waals surface area contributed by atoms with Crippen molar-refractivity contribution in [2.45, 2.75) is 6.42 Å². The molecule has 0 amide bonds. The van der Waals surface area contributed by atoms with Gasteiger partial charge in [-0.3, -0.25) is 4.99 Å². The molecule has 0 spiro atoms. The van der Waals surface area contributed by atoms with Crippen LogP contribution in [0.3, 0.4) is 0 Å². The smallest absolute Gasteiger partial charge is 0.191 e. The van der Waals surface area contributed by atoms with Gasteiger partial charge >= 0.3 is 0 Å². The van der Waals surface area contributed by atoms with Crippen LogP contribution >= 0.6 is 0 Å². The molecule has 28 heavy (non-hydrogen) atoms. The Morgan fingerprint density at radius 1 is 1.00 bits per heavy atom. The first-order valence-electron chi connectivity index (χ1n) is 9.37. The van der Waals surface area contributed by atoms with E-state index in [4.69, 9.17) is 15.2 Å². The summed E-state index contributed by atoms with van der Waals surface area (Å²) in [5.41, 5.74) is 8.33. The number of nitrogens with zero attached hydrogens (tertiary/aromatic N) is 3. The van der Waals surface area contributed by atoms with Gasteiger partial charge in [-0.15, -0.1) is 0 Å². The molecule has 3 rings (SSSR count). The van der Waals surface area contributed by atoms with Crippen LogP contribution in [0.4, 0.5) is 10.1 Å². The lowest BCUT2D eigenvalue weighted by atomic mass is 10.1. The molecule has 0 atom stereocenters. The number of halogens is 1. The van der Waals surface area contributed by atoms with Gasteiger partial charge < -0.3 is 25.0 Å². The Kier molecular flexibility index (Phi) is 6.57. The summed E-state index contributed by atoms with van der Waals surface area (Å²) in [4.78, 5) is 8.85. The Bertz CT molecular complexity index is 803. The lowest BCUT2D eigenvalue weighted by molar-refractivity contribution is 0.354. The Morgan fingerprint density at radius 2 is 1.68 bits per heavy atom. The molecule has 1 aliphatic heterocycles. The molecule has 0 bridgehead atoms. The standard InChI is InChI=1S/C21H27FN4O2/c1-27-19-8-3-16(15-20(19)28-2)9-10-24-21(23)26-13-11-25(12-14-26)18-6-4-17(22)5-7-18/h3-8,15H,9-14H2,1-2H3,(H2,23,24). The minimum Gasteiger partial charge on any atom is -0.493 e. The maximum absolute atomic E-state index is 13.1. The molecule has 2 aromatic rings. The van der Waals surface area contributed by atoms with Gasteiger partial charge in [-0.25, -0.2) is 4.39 Å². The highest BCUT2D eigenvalue weighted by Gasteiger charge is 2.18. The van der Waals surface area contributed by atoms with E-state index >= 15 is 0 Å². The lowest BCUT2D eigenvalue weighted by Crippen LogP contribution is -2.51. The highest BCUT2D eigenvalue weighted by Crippen LogP contribution is 2.27. The maximum atomic E-state index is 13.1. The van der Waals surface area contributed by atoms with Gasteiger partial charge in [0.25, 0.3) is 0 Å². The Morgan fingerprint density at radius 3 is 2.32 bits per heavy atom. The summed E-state index contributed by atoms with van der Waals surface area (Å²) < 4.78 is 23.7. The topological polar surface area (TPSA) is 63.3 Å². The van der Waals surface area contributed by atoms with Gasteiger partial charge in [0.2, 0.25) is 0 Å². The number of ether oxygens (including phenoxy) is 2. The number of methoxy groups -OCH3 is 2. The van der Waals surface area contributed by atoms with Crippen LogP contribution in [0.25, 0.3) is 0 Å². The molecule has 1 aliphatic rings. The summed E-state index contributed by atoms with van der Waals surface area (Å²) in [6.07, 6.45) is 0.774. The third-order valence-electron chi connectivity index (χ3n) is 4.92. The van der Waals surface area contributed by atoms with Gasteiger partial charge in [-0.1, -0.05) is 6.07 Å². The molecule has 0 unspecified atom stereocenters. The molecule has 7 heteroatoms. The van der Waals surface area contributed by atoms with Crippen molar-refractivity contribution in [1.29, 1.82) is 0 Å². The zero-order chi connectivity index (χ0) is 19.9. The Labute approximate surface area is 165 Å². The second kappa shape index (κ2) is 9.30. The normalized spacial score (nSPS) is 14.9. The highest BCUT2D eigenvalue weighted by atomic mass is 19.1. The van der Waals surface area contributed by atoms with Crippen LogP contribution in [0.15, 0.2) is 47.5 Å². The second-order valence-corrected chi connectivity index (χ2v) is 6.63. The first kappa shape index (κ1) is 19.8. The van der Waals surface area contributed by atoms with Crippen LogP contribution in [0, 0.1) is 5.82 Å². The molecule has 2 N–H and O–H groups in total. The molecule has 150 valence electrons. The van der Waals surface area contributed by atoms with Crippen LogP contribution < -0.4 is 20.1 Å². The predicted molar refractivity (Wildman–Crippen MR) is 110 cm³/mol. The number of benzene rings is 2. The second-order valence-electron chi connectivity index (χ2n) is 6.63. The molecule has 1 fully saturated rings. The van der Waals surface area contributed by atoms with Gasteiger partial charge in [0.1, 0.15) is 5.82 Å². The molecule has 2 aromatic carbocycles. The Balaban J connectivity index is 1.50. The van der Waals surface area contributed by atoms with E-state index in [-0.39, 0.29) is 5.82 Å². The van der Waals surface area contributed by atoms with Crippen LogP contribution in [-0.4, -0.2) is 57.8 Å². The SMILES string of the molecule is COc1ccc(CCN=C(N)N2CCN(c3ccc(F)cc3)CC2)cc1OC. The van der Waals surface area contributed by atoms with Gasteiger partial charge in [-0.2, -0.15) is 0 Å². The van der Waals surface area contributed by atoms with Crippen LogP contribution in [0.5, 0.6) is 11.5 Å². The fourth-order valence-electron chi connectivity index (χ4n) is 3.28. The first-order valence-corrected chi connectivity index (χ1v) is 9.37. The number of hydrogen-bond donors (Lipinski definition) is 1. The molecule has 0 saturated carbocycles. The molecule has 1 saturated heterocycles. The number of aliphatic imine (C=N–C) groups is 1. The van der Waals surface area contributed by atoms with Crippen LogP contribution in [0.2, 0.25) is 0 Å². The van der Waals surface area contributed by atoms with E-state index in [1.807, 2.05) is 30.3 Å². The van der Waals surface area contributed by atoms with Crippen molar-refractivity contribution >= 4 is 11.6 Å². The number of piperazine rings is 1. The summed E-state index contributed by atoms with van der Waals surface area (Å²) in [5, 5.41) is 0. The fraction of sp³-hybridized carbons (Fsp3) is 0.381. The largest absolute Gasteiger partial charge is 0.493 e. The number of rotatable bonds is 6. The summed E-state index contributed by atoms with van der Waals surface area (Å²) in [5.74, 6) is 1.79. The predicted octanol–water partition coefficient (Wildman–Crippen LogP) is 2.52. The average Bonchev–Trinajstić information content (AvgIpc) is 2.74. The van der Waals surface area contributed by atoms with Gasteiger partial charge in [0, 0.05) is 38.4 Å². The number of hydrogen-bond acceptors (Lipinski definition) is 4. The van der Waals surface area contributed by atoms with Gasteiger partial charge in [-0.05, 0) is 48.4 Å². The fourth-order valence-corrected chi connectivity index (χ4v) is 3.28. The summed E-state index contributed by atoms with van der Waals surface area (Å²) in [6, 6.07) is 12.5. The molecular formula is C21H27FN4O2. The van der Waals surface area contributed by atoms with Crippen molar-refractivity contribution in [2.24, 2.45) is 10.7 Å². The van der Waals surface area contributed by atoms with Gasteiger partial charge in [0.05, 0.1) is 14.2 Å². The third-order valence-corrected chi connectivity index (χ3v) is 4.92. The summed E-state index contributed by atoms with van der Waals surface area (Å²) in [6.45, 7) is 3.86. The van der Waals surface area contributed by atoms with Crippen molar-refractivity contribution in [1.82, 2.24) is 4.90 Å². The van der Waals surface area contributed by atoms with E-state index in [2.05, 4.69) is 14.8 Å². The number of guanidine groups is 1. The van der Waals surface area contributed by atoms with Crippen LogP contribution in [-0.2, 0) is 6.42 Å². The minimum atomic E-state index is -0.215. The molecule has 1 heterocycles. The Hall–Kier alpha value is -2.96. The zero-order valence-electron chi connectivity index (χ0n) is 16.4. The zero-order valence-corrected chi connectivity index (χ0v) is 16.4. The lowest BCUT2D eigenvalue weighted by Gasteiger charge is -2.36. The van der Waals surface area contributed by atoms with E-state index in [0.717, 1.165) is 43.9 Å². The van der Waals surface area contributed by atoms with Crippen molar-refractivity contribution in [2.75, 3.05) is 51.8 Å². The van der Waals surface area contributed by atoms with E-state index in [9.17, 15) is 4.39 Å². The van der Waals surface area contributed by atoms with Crippen molar-refractivity contribution < 1.29 is 13.9 Å². The molecule has 0 aromatic heterocycles. The quantitative estimate of drug-likeness (QED) is 0.611. The minimum absolute atomic E-state index is 0.215. The van der Waals surface area contributed by atoms with E-state index in [1.54, 1.807) is 14.2 Å². The first-order chi connectivity index (χ1) is 13.6. The van der Waals surface area contributed by atoms with Crippen molar-refractivity contribution in [3.63, 3.8) is 0 Å². The van der Waals surface area contributed by atoms with Crippen LogP contribution in [0.1, 0.15) is 5.56 Å². The van der Waals surface area contributed by atoms with Crippen molar-refractivity contribution in [3.05, 3.63) is 53.8 Å². The van der Waals surface area contributed by atoms with Gasteiger partial charge in [0.15, 0.2) is 17.5 Å². The monoisotopic (exact) mass is 386 g/mol. The van der Waals surface area contributed by atoms with E-state index in [1.165, 1.54) is 12.1 Å². The summed E-state index contributed by atoms with van der Waals surface area (Å²) in [7, 11) is 3.25. The third kappa shape index (κ3) is 4.85. The average molecular weight is 386 g/mol. The number of nitrogens with two attached hydrogens (primary N) is 1.